The number of halogens is 2. The second kappa shape index (κ2) is 5.42. The lowest BCUT2D eigenvalue weighted by atomic mass is 10.2. The summed E-state index contributed by atoms with van der Waals surface area (Å²) in [4.78, 5) is 0. The minimum atomic E-state index is -0.719. The van der Waals surface area contributed by atoms with E-state index < -0.39 is 11.6 Å². The van der Waals surface area contributed by atoms with Gasteiger partial charge in [-0.3, -0.25) is 0 Å². The van der Waals surface area contributed by atoms with Crippen LogP contribution < -0.4 is 10.5 Å². The second-order valence-electron chi connectivity index (χ2n) is 4.04. The van der Waals surface area contributed by atoms with E-state index in [1.807, 2.05) is 0 Å². The van der Waals surface area contributed by atoms with Gasteiger partial charge < -0.3 is 15.2 Å². The molecule has 5 heteroatoms. The van der Waals surface area contributed by atoms with E-state index in [1.165, 1.54) is 12.1 Å². The first-order chi connectivity index (χ1) is 8.20. The Bertz CT molecular complexity index is 369. The number of benzene rings is 1. The number of ether oxygens (including phenoxy) is 2. The van der Waals surface area contributed by atoms with Gasteiger partial charge in [-0.25, -0.2) is 8.78 Å². The molecule has 0 aromatic heterocycles. The van der Waals surface area contributed by atoms with E-state index in [0.29, 0.717) is 12.2 Å². The molecule has 1 saturated heterocycles. The van der Waals surface area contributed by atoms with Crippen molar-refractivity contribution >= 4 is 0 Å². The van der Waals surface area contributed by atoms with Crippen molar-refractivity contribution in [3.05, 3.63) is 29.3 Å². The summed E-state index contributed by atoms with van der Waals surface area (Å²) >= 11 is 0. The highest BCUT2D eigenvalue weighted by atomic mass is 19.1. The van der Waals surface area contributed by atoms with Gasteiger partial charge in [0, 0.05) is 13.2 Å². The van der Waals surface area contributed by atoms with Gasteiger partial charge in [-0.2, -0.15) is 0 Å². The highest BCUT2D eigenvalue weighted by Crippen LogP contribution is 2.24. The largest absolute Gasteiger partial charge is 0.485 e. The smallest absolute Gasteiger partial charge is 0.190 e. The van der Waals surface area contributed by atoms with Crippen LogP contribution in [-0.2, 0) is 11.3 Å². The highest BCUT2D eigenvalue weighted by molar-refractivity contribution is 5.31. The molecular formula is C12H15F2NO2. The van der Waals surface area contributed by atoms with Crippen molar-refractivity contribution in [3.63, 3.8) is 0 Å². The highest BCUT2D eigenvalue weighted by Gasteiger charge is 2.19. The van der Waals surface area contributed by atoms with Crippen LogP contribution in [0.2, 0.25) is 0 Å². The minimum Gasteiger partial charge on any atom is -0.485 e. The zero-order chi connectivity index (χ0) is 12.3. The molecule has 1 heterocycles. The van der Waals surface area contributed by atoms with Gasteiger partial charge in [0.1, 0.15) is 6.61 Å². The number of hydrogen-bond acceptors (Lipinski definition) is 3. The van der Waals surface area contributed by atoms with Crippen molar-refractivity contribution in [1.82, 2.24) is 0 Å². The van der Waals surface area contributed by atoms with E-state index in [4.69, 9.17) is 15.2 Å². The Morgan fingerprint density at radius 2 is 2.06 bits per heavy atom. The van der Waals surface area contributed by atoms with Crippen molar-refractivity contribution in [2.24, 2.45) is 5.73 Å². The Labute approximate surface area is 98.5 Å². The first kappa shape index (κ1) is 12.3. The molecule has 2 N–H and O–H groups in total. The van der Waals surface area contributed by atoms with Crippen LogP contribution in [0, 0.1) is 11.6 Å². The molecule has 2 rings (SSSR count). The topological polar surface area (TPSA) is 44.5 Å². The summed E-state index contributed by atoms with van der Waals surface area (Å²) in [5.74, 6) is -1.79. The SMILES string of the molecule is NCc1cc(F)c(OCC2CCCO2)c(F)c1. The Morgan fingerprint density at radius 1 is 1.35 bits per heavy atom. The quantitative estimate of drug-likeness (QED) is 0.879. The van der Waals surface area contributed by atoms with E-state index in [9.17, 15) is 8.78 Å². The average Bonchev–Trinajstić information content (AvgIpc) is 2.80. The molecule has 1 aromatic carbocycles. The van der Waals surface area contributed by atoms with Crippen LogP contribution >= 0.6 is 0 Å². The molecule has 0 spiro atoms. The maximum atomic E-state index is 13.5. The Hall–Kier alpha value is -1.20. The summed E-state index contributed by atoms with van der Waals surface area (Å²) in [6.07, 6.45) is 1.76. The third kappa shape index (κ3) is 2.92. The van der Waals surface area contributed by atoms with Crippen LogP contribution in [0.4, 0.5) is 8.78 Å². The lowest BCUT2D eigenvalue weighted by molar-refractivity contribution is 0.0650. The van der Waals surface area contributed by atoms with Crippen LogP contribution in [0.25, 0.3) is 0 Å². The Balaban J connectivity index is 2.04. The Kier molecular flexibility index (Phi) is 3.91. The van der Waals surface area contributed by atoms with Crippen LogP contribution in [0.1, 0.15) is 18.4 Å². The van der Waals surface area contributed by atoms with Crippen LogP contribution in [0.15, 0.2) is 12.1 Å². The van der Waals surface area contributed by atoms with E-state index in [2.05, 4.69) is 0 Å². The number of nitrogens with two attached hydrogens (primary N) is 1. The van der Waals surface area contributed by atoms with Gasteiger partial charge in [-0.1, -0.05) is 0 Å². The third-order valence-corrected chi connectivity index (χ3v) is 2.73. The zero-order valence-corrected chi connectivity index (χ0v) is 9.42. The van der Waals surface area contributed by atoms with Gasteiger partial charge in [0.15, 0.2) is 17.4 Å². The van der Waals surface area contributed by atoms with Gasteiger partial charge in [-0.15, -0.1) is 0 Å². The standard InChI is InChI=1S/C12H15F2NO2/c13-10-4-8(6-15)5-11(14)12(10)17-7-9-2-1-3-16-9/h4-5,9H,1-3,6-7,15H2. The fraction of sp³-hybridized carbons (Fsp3) is 0.500. The third-order valence-electron chi connectivity index (χ3n) is 2.73. The fourth-order valence-electron chi connectivity index (χ4n) is 1.82. The van der Waals surface area contributed by atoms with Crippen LogP contribution in [0.3, 0.4) is 0 Å². The molecule has 3 nitrogen and oxygen atoms in total. The molecule has 0 radical (unpaired) electrons. The lowest BCUT2D eigenvalue weighted by Crippen LogP contribution is -2.17. The average molecular weight is 243 g/mol. The molecular weight excluding hydrogens is 228 g/mol. The normalized spacial score (nSPS) is 19.6. The van der Waals surface area contributed by atoms with Gasteiger partial charge in [0.25, 0.3) is 0 Å². The first-order valence-corrected chi connectivity index (χ1v) is 5.63. The lowest BCUT2D eigenvalue weighted by Gasteiger charge is -2.13. The monoisotopic (exact) mass is 243 g/mol. The maximum Gasteiger partial charge on any atom is 0.190 e. The molecule has 94 valence electrons. The summed E-state index contributed by atoms with van der Waals surface area (Å²) in [7, 11) is 0. The van der Waals surface area contributed by atoms with E-state index >= 15 is 0 Å². The summed E-state index contributed by atoms with van der Waals surface area (Å²) in [6.45, 7) is 0.959. The van der Waals surface area contributed by atoms with E-state index in [-0.39, 0.29) is 25.0 Å². The fourth-order valence-corrected chi connectivity index (χ4v) is 1.82. The predicted molar refractivity (Wildman–Crippen MR) is 58.7 cm³/mol. The molecule has 1 aliphatic rings. The van der Waals surface area contributed by atoms with Gasteiger partial charge in [0.05, 0.1) is 6.10 Å². The maximum absolute atomic E-state index is 13.5. The number of rotatable bonds is 4. The van der Waals surface area contributed by atoms with Crippen molar-refractivity contribution in [1.29, 1.82) is 0 Å². The molecule has 0 bridgehead atoms. The molecule has 1 aliphatic heterocycles. The van der Waals surface area contributed by atoms with E-state index in [1.54, 1.807) is 0 Å². The van der Waals surface area contributed by atoms with Gasteiger partial charge in [0.2, 0.25) is 0 Å². The summed E-state index contributed by atoms with van der Waals surface area (Å²) in [5.41, 5.74) is 5.72. The molecule has 17 heavy (non-hydrogen) atoms. The van der Waals surface area contributed by atoms with Crippen molar-refractivity contribution in [3.8, 4) is 5.75 Å². The summed E-state index contributed by atoms with van der Waals surface area (Å²) < 4.78 is 37.5. The van der Waals surface area contributed by atoms with Gasteiger partial charge >= 0.3 is 0 Å². The molecule has 0 amide bonds. The Morgan fingerprint density at radius 3 is 2.59 bits per heavy atom. The van der Waals surface area contributed by atoms with Crippen molar-refractivity contribution in [2.45, 2.75) is 25.5 Å². The minimum absolute atomic E-state index is 0.0667. The summed E-state index contributed by atoms with van der Waals surface area (Å²) in [5, 5.41) is 0. The van der Waals surface area contributed by atoms with Crippen molar-refractivity contribution in [2.75, 3.05) is 13.2 Å². The number of hydrogen-bond donors (Lipinski definition) is 1. The first-order valence-electron chi connectivity index (χ1n) is 5.63. The molecule has 0 aliphatic carbocycles. The molecule has 1 atom stereocenters. The second-order valence-corrected chi connectivity index (χ2v) is 4.04. The van der Waals surface area contributed by atoms with Crippen LogP contribution in [-0.4, -0.2) is 19.3 Å². The van der Waals surface area contributed by atoms with Crippen LogP contribution in [0.5, 0.6) is 5.75 Å². The molecule has 1 fully saturated rings. The zero-order valence-electron chi connectivity index (χ0n) is 9.42. The molecule has 1 unspecified atom stereocenters. The predicted octanol–water partition coefficient (Wildman–Crippen LogP) is 1.98. The van der Waals surface area contributed by atoms with Gasteiger partial charge in [-0.05, 0) is 30.5 Å². The summed E-state index contributed by atoms with van der Waals surface area (Å²) in [6, 6.07) is 2.38. The van der Waals surface area contributed by atoms with E-state index in [0.717, 1.165) is 12.8 Å². The van der Waals surface area contributed by atoms with Crippen molar-refractivity contribution < 1.29 is 18.3 Å². The molecule has 0 saturated carbocycles. The molecule has 1 aromatic rings.